The Labute approximate surface area is 157 Å². The van der Waals surface area contributed by atoms with Gasteiger partial charge in [0.05, 0.1) is 19.9 Å². The van der Waals surface area contributed by atoms with Crippen LogP contribution in [-0.2, 0) is 17.6 Å². The predicted octanol–water partition coefficient (Wildman–Crippen LogP) is 2.68. The van der Waals surface area contributed by atoms with E-state index < -0.39 is 11.2 Å². The molecule has 1 aromatic rings. The molecule has 1 N–H and O–H groups in total. The van der Waals surface area contributed by atoms with Crippen molar-refractivity contribution in [3.8, 4) is 17.6 Å². The van der Waals surface area contributed by atoms with E-state index in [-0.39, 0.29) is 0 Å². The molecule has 1 saturated heterocycles. The molecular formula is C19H26N4O2S. The fraction of sp³-hybridized carbons (Fsp3) is 0.579. The van der Waals surface area contributed by atoms with Crippen molar-refractivity contribution in [2.45, 2.75) is 44.9 Å². The Balaban J connectivity index is 1.42. The van der Waals surface area contributed by atoms with E-state index in [0.717, 1.165) is 49.2 Å². The largest absolute Gasteiger partial charge is 0.494 e. The van der Waals surface area contributed by atoms with Gasteiger partial charge in [0, 0.05) is 18.2 Å². The van der Waals surface area contributed by atoms with E-state index in [0.29, 0.717) is 5.71 Å². The molecule has 6 nitrogen and oxygen atoms in total. The van der Waals surface area contributed by atoms with Crippen LogP contribution in [0.3, 0.4) is 0 Å². The third-order valence-corrected chi connectivity index (χ3v) is 5.32. The summed E-state index contributed by atoms with van der Waals surface area (Å²) in [4.78, 5) is 5.62. The van der Waals surface area contributed by atoms with E-state index in [1.165, 1.54) is 38.6 Å². The van der Waals surface area contributed by atoms with Gasteiger partial charge in [0.25, 0.3) is 11.2 Å². The maximum absolute atomic E-state index is 11.3. The summed E-state index contributed by atoms with van der Waals surface area (Å²) in [5.74, 6) is 7.38. The van der Waals surface area contributed by atoms with Crippen molar-refractivity contribution in [1.29, 1.82) is 0 Å². The van der Waals surface area contributed by atoms with Gasteiger partial charge in [0.15, 0.2) is 0 Å². The lowest BCUT2D eigenvalue weighted by Crippen LogP contribution is -2.29. The van der Waals surface area contributed by atoms with Gasteiger partial charge in [0.2, 0.25) is 0 Å². The number of unbranched alkanes of at least 4 members (excludes halogenated alkanes) is 2. The van der Waals surface area contributed by atoms with E-state index in [2.05, 4.69) is 30.5 Å². The maximum atomic E-state index is 11.3. The summed E-state index contributed by atoms with van der Waals surface area (Å²) in [5.41, 5.74) is 2.44. The maximum Gasteiger partial charge on any atom is 0.266 e. The molecule has 2 aliphatic rings. The van der Waals surface area contributed by atoms with Crippen molar-refractivity contribution in [2.24, 2.45) is 8.80 Å². The number of hydrogen-bond donors (Lipinski definition) is 1. The molecule has 0 radical (unpaired) electrons. The van der Waals surface area contributed by atoms with Gasteiger partial charge in [-0.2, -0.15) is 8.80 Å². The summed E-state index contributed by atoms with van der Waals surface area (Å²) in [6, 6.07) is 0. The number of nitrogens with zero attached hydrogens (tertiary/aromatic N) is 3. The highest BCUT2D eigenvalue weighted by Crippen LogP contribution is 2.26. The highest BCUT2D eigenvalue weighted by Gasteiger charge is 2.19. The van der Waals surface area contributed by atoms with Gasteiger partial charge in [-0.1, -0.05) is 12.3 Å². The number of piperidine rings is 1. The second-order valence-electron chi connectivity index (χ2n) is 6.56. The molecule has 0 saturated carbocycles. The van der Waals surface area contributed by atoms with E-state index in [4.69, 9.17) is 4.74 Å². The summed E-state index contributed by atoms with van der Waals surface area (Å²) in [6.07, 6.45) is 11.4. The molecule has 0 bridgehead atoms. The smallest absolute Gasteiger partial charge is 0.266 e. The first-order valence-electron chi connectivity index (χ1n) is 9.25. The van der Waals surface area contributed by atoms with Gasteiger partial charge in [-0.3, -0.25) is 4.90 Å². The lowest BCUT2D eigenvalue weighted by Gasteiger charge is -2.23. The molecule has 1 unspecified atom stereocenters. The van der Waals surface area contributed by atoms with Gasteiger partial charge in [-0.05, 0) is 45.2 Å². The number of methoxy groups -OCH3 is 1. The molecule has 26 heavy (non-hydrogen) atoms. The standard InChI is InChI=1S/C19H26N4O2S/c1-25-19-16(14-20-18(19)17-15-21-26(24)22-17)10-6-3-2-4-7-11-23-12-8-5-9-13-23/h14-15,20H,2-3,5-6,8-13H2,1H3. The second-order valence-corrected chi connectivity index (χ2v) is 7.42. The molecule has 0 amide bonds. The minimum absolute atomic E-state index is 0.579. The number of nitrogens with one attached hydrogen (secondary N) is 1. The molecule has 0 aromatic carbocycles. The first-order chi connectivity index (χ1) is 12.8. The lowest BCUT2D eigenvalue weighted by molar-refractivity contribution is 0.255. The molecule has 1 aromatic heterocycles. The summed E-state index contributed by atoms with van der Waals surface area (Å²) < 4.78 is 24.6. The van der Waals surface area contributed by atoms with Crippen molar-refractivity contribution in [2.75, 3.05) is 26.7 Å². The van der Waals surface area contributed by atoms with Crippen LogP contribution < -0.4 is 4.74 Å². The average molecular weight is 375 g/mol. The number of likely N-dealkylation sites (tertiary alicyclic amines) is 1. The van der Waals surface area contributed by atoms with Crippen molar-refractivity contribution < 1.29 is 8.95 Å². The normalized spacial score (nSPS) is 19.9. The zero-order chi connectivity index (χ0) is 18.2. The highest BCUT2D eigenvalue weighted by atomic mass is 32.2. The van der Waals surface area contributed by atoms with Crippen molar-refractivity contribution in [3.63, 3.8) is 0 Å². The molecule has 1 fully saturated rings. The van der Waals surface area contributed by atoms with Crippen LogP contribution in [0.5, 0.6) is 5.75 Å². The molecule has 1 atom stereocenters. The molecule has 7 heteroatoms. The Kier molecular flexibility index (Phi) is 7.04. The summed E-state index contributed by atoms with van der Waals surface area (Å²) in [5, 5.41) is 0. The van der Waals surface area contributed by atoms with Gasteiger partial charge >= 0.3 is 0 Å². The Bertz CT molecular complexity index is 751. The summed E-state index contributed by atoms with van der Waals surface area (Å²) >= 11 is -1.50. The number of rotatable bonds is 7. The van der Waals surface area contributed by atoms with Gasteiger partial charge in [0.1, 0.15) is 17.2 Å². The monoisotopic (exact) mass is 374 g/mol. The topological polar surface area (TPSA) is 70.0 Å². The molecule has 0 aliphatic carbocycles. The molecule has 2 aliphatic heterocycles. The first kappa shape index (κ1) is 18.9. The predicted molar refractivity (Wildman–Crippen MR) is 106 cm³/mol. The molecule has 3 heterocycles. The van der Waals surface area contributed by atoms with Crippen molar-refractivity contribution in [1.82, 2.24) is 9.88 Å². The quantitative estimate of drug-likeness (QED) is 0.589. The van der Waals surface area contributed by atoms with E-state index in [9.17, 15) is 4.21 Å². The van der Waals surface area contributed by atoms with Crippen molar-refractivity contribution >= 4 is 23.1 Å². The summed E-state index contributed by atoms with van der Waals surface area (Å²) in [7, 11) is 1.64. The number of aromatic amines is 1. The molecule has 140 valence electrons. The highest BCUT2D eigenvalue weighted by molar-refractivity contribution is 7.83. The molecule has 3 rings (SSSR count). The minimum atomic E-state index is -1.50. The number of H-pyrrole nitrogens is 1. The number of hydrogen-bond acceptors (Lipinski definition) is 3. The van der Waals surface area contributed by atoms with E-state index in [1.807, 2.05) is 6.20 Å². The Morgan fingerprint density at radius 1 is 1.27 bits per heavy atom. The van der Waals surface area contributed by atoms with Gasteiger partial charge in [-0.15, -0.1) is 5.92 Å². The van der Waals surface area contributed by atoms with E-state index >= 15 is 0 Å². The fourth-order valence-corrected chi connectivity index (χ4v) is 3.84. The van der Waals surface area contributed by atoms with Gasteiger partial charge in [-0.25, -0.2) is 4.21 Å². The number of aromatic nitrogens is 1. The summed E-state index contributed by atoms with van der Waals surface area (Å²) in [6.45, 7) is 3.32. The SMILES string of the molecule is COc1c(CCCCC#CCN2CCCCC2)c[nH]c1C1=NS(=O)N=C1. The van der Waals surface area contributed by atoms with Gasteiger partial charge < -0.3 is 9.72 Å². The Hall–Kier alpha value is -1.91. The third-order valence-electron chi connectivity index (χ3n) is 4.69. The van der Waals surface area contributed by atoms with Crippen LogP contribution in [-0.4, -0.2) is 52.8 Å². The minimum Gasteiger partial charge on any atom is -0.494 e. The molecule has 0 spiro atoms. The average Bonchev–Trinajstić information content (AvgIpc) is 3.27. The van der Waals surface area contributed by atoms with Crippen LogP contribution in [0, 0.1) is 11.8 Å². The number of ether oxygens (including phenoxy) is 1. The zero-order valence-corrected chi connectivity index (χ0v) is 16.1. The van der Waals surface area contributed by atoms with Crippen LogP contribution in [0.25, 0.3) is 0 Å². The lowest BCUT2D eigenvalue weighted by atomic mass is 10.1. The Morgan fingerprint density at radius 2 is 2.12 bits per heavy atom. The first-order valence-corrected chi connectivity index (χ1v) is 10.3. The van der Waals surface area contributed by atoms with Crippen LogP contribution in [0.4, 0.5) is 0 Å². The number of aryl methyl sites for hydroxylation is 1. The van der Waals surface area contributed by atoms with Crippen LogP contribution >= 0.6 is 0 Å². The second kappa shape index (κ2) is 9.70. The van der Waals surface area contributed by atoms with Crippen molar-refractivity contribution in [3.05, 3.63) is 17.5 Å². The zero-order valence-electron chi connectivity index (χ0n) is 15.3. The Morgan fingerprint density at radius 3 is 2.85 bits per heavy atom. The fourth-order valence-electron chi connectivity index (χ4n) is 3.30. The van der Waals surface area contributed by atoms with E-state index in [1.54, 1.807) is 7.11 Å². The van der Waals surface area contributed by atoms with Crippen LogP contribution in [0.1, 0.15) is 49.8 Å². The van der Waals surface area contributed by atoms with Crippen LogP contribution in [0.15, 0.2) is 15.0 Å². The third kappa shape index (κ3) is 5.05. The molecular weight excluding hydrogens is 348 g/mol. The van der Waals surface area contributed by atoms with Crippen LogP contribution in [0.2, 0.25) is 0 Å².